The van der Waals surface area contributed by atoms with Crippen LogP contribution in [0.25, 0.3) is 0 Å². The fourth-order valence-electron chi connectivity index (χ4n) is 3.14. The van der Waals surface area contributed by atoms with Crippen LogP contribution in [0, 0.1) is 5.92 Å². The molecular weight excluding hydrogens is 360 g/mol. The molecule has 0 saturated carbocycles. The SMILES string of the molecule is CCCCCCCC1=CCC(COc2cnn(C(C)(C)C)c(=O)c2Cl)C=C1. The van der Waals surface area contributed by atoms with Crippen LogP contribution in [0.2, 0.25) is 5.02 Å². The summed E-state index contributed by atoms with van der Waals surface area (Å²) in [6, 6.07) is 0. The molecule has 2 rings (SSSR count). The second-order valence-corrected chi connectivity index (χ2v) is 8.70. The van der Waals surface area contributed by atoms with E-state index in [0.717, 1.165) is 12.8 Å². The summed E-state index contributed by atoms with van der Waals surface area (Å²) >= 11 is 6.21. The molecule has 1 atom stereocenters. The largest absolute Gasteiger partial charge is 0.489 e. The Kier molecular flexibility index (Phi) is 8.15. The normalized spacial score (nSPS) is 17.1. The molecule has 0 fully saturated rings. The van der Waals surface area contributed by atoms with E-state index in [2.05, 4.69) is 30.3 Å². The zero-order chi connectivity index (χ0) is 19.9. The van der Waals surface area contributed by atoms with Gasteiger partial charge < -0.3 is 4.74 Å². The molecule has 0 bridgehead atoms. The van der Waals surface area contributed by atoms with Crippen LogP contribution in [0.15, 0.2) is 34.8 Å². The van der Waals surface area contributed by atoms with Gasteiger partial charge >= 0.3 is 0 Å². The van der Waals surface area contributed by atoms with Gasteiger partial charge in [0.1, 0.15) is 0 Å². The van der Waals surface area contributed by atoms with Crippen molar-refractivity contribution >= 4 is 11.6 Å². The van der Waals surface area contributed by atoms with E-state index in [1.165, 1.54) is 42.4 Å². The Morgan fingerprint density at radius 1 is 1.26 bits per heavy atom. The Bertz CT molecular complexity index is 729. The van der Waals surface area contributed by atoms with E-state index in [9.17, 15) is 4.79 Å². The second kappa shape index (κ2) is 10.1. The van der Waals surface area contributed by atoms with Crippen molar-refractivity contribution in [2.45, 2.75) is 78.2 Å². The maximum Gasteiger partial charge on any atom is 0.289 e. The highest BCUT2D eigenvalue weighted by Crippen LogP contribution is 2.24. The summed E-state index contributed by atoms with van der Waals surface area (Å²) in [5.74, 6) is 0.663. The predicted octanol–water partition coefficient (Wildman–Crippen LogP) is 5.89. The summed E-state index contributed by atoms with van der Waals surface area (Å²) in [6.45, 7) is 8.49. The number of hydrogen-bond donors (Lipinski definition) is 0. The van der Waals surface area contributed by atoms with Gasteiger partial charge in [0.2, 0.25) is 0 Å². The van der Waals surface area contributed by atoms with E-state index in [-0.39, 0.29) is 10.6 Å². The number of unbranched alkanes of at least 4 members (excludes halogenated alkanes) is 4. The van der Waals surface area contributed by atoms with Crippen LogP contribution in [-0.2, 0) is 5.54 Å². The Labute approximate surface area is 168 Å². The molecule has 1 aliphatic rings. The monoisotopic (exact) mass is 392 g/mol. The summed E-state index contributed by atoms with van der Waals surface area (Å²) in [6.07, 6.45) is 17.0. The van der Waals surface area contributed by atoms with Gasteiger partial charge in [-0.25, -0.2) is 4.68 Å². The minimum atomic E-state index is -0.414. The lowest BCUT2D eigenvalue weighted by atomic mass is 9.94. The Hall–Kier alpha value is -1.55. The molecule has 0 aliphatic heterocycles. The maximum atomic E-state index is 12.4. The van der Waals surface area contributed by atoms with Crippen molar-refractivity contribution in [3.8, 4) is 5.75 Å². The van der Waals surface area contributed by atoms with Gasteiger partial charge in [-0.3, -0.25) is 4.79 Å². The van der Waals surface area contributed by atoms with Gasteiger partial charge in [-0.2, -0.15) is 5.10 Å². The third kappa shape index (κ3) is 6.53. The molecule has 0 aromatic carbocycles. The molecule has 4 nitrogen and oxygen atoms in total. The number of hydrogen-bond acceptors (Lipinski definition) is 3. The van der Waals surface area contributed by atoms with Crippen molar-refractivity contribution in [3.63, 3.8) is 0 Å². The van der Waals surface area contributed by atoms with Crippen molar-refractivity contribution < 1.29 is 4.74 Å². The Morgan fingerprint density at radius 3 is 2.63 bits per heavy atom. The molecule has 0 N–H and O–H groups in total. The van der Waals surface area contributed by atoms with Crippen LogP contribution in [0.1, 0.15) is 72.6 Å². The van der Waals surface area contributed by atoms with E-state index in [4.69, 9.17) is 16.3 Å². The smallest absolute Gasteiger partial charge is 0.289 e. The molecule has 5 heteroatoms. The summed E-state index contributed by atoms with van der Waals surface area (Å²) in [5, 5.41) is 4.31. The van der Waals surface area contributed by atoms with Crippen LogP contribution >= 0.6 is 11.6 Å². The van der Waals surface area contributed by atoms with Crippen molar-refractivity contribution in [3.05, 3.63) is 45.4 Å². The standard InChI is InChI=1S/C22H33ClN2O2/c1-5-6-7-8-9-10-17-11-13-18(14-12-17)16-27-19-15-24-25(22(2,3)4)21(26)20(19)23/h11-13,15,18H,5-10,14,16H2,1-4H3. The fourth-order valence-corrected chi connectivity index (χ4v) is 3.33. The Balaban J connectivity index is 1.83. The van der Waals surface area contributed by atoms with Crippen LogP contribution in [0.3, 0.4) is 0 Å². The molecule has 1 aromatic rings. The molecule has 0 radical (unpaired) electrons. The molecule has 1 aromatic heterocycles. The third-order valence-corrected chi connectivity index (χ3v) is 5.16. The minimum absolute atomic E-state index is 0.100. The molecule has 27 heavy (non-hydrogen) atoms. The molecular formula is C22H33ClN2O2. The number of aromatic nitrogens is 2. The molecule has 150 valence electrons. The van der Waals surface area contributed by atoms with Gasteiger partial charge in [-0.05, 0) is 40.0 Å². The number of allylic oxidation sites excluding steroid dienone is 3. The first-order valence-electron chi connectivity index (χ1n) is 10.1. The Morgan fingerprint density at radius 2 is 2.00 bits per heavy atom. The predicted molar refractivity (Wildman–Crippen MR) is 113 cm³/mol. The van der Waals surface area contributed by atoms with E-state index in [1.54, 1.807) is 6.20 Å². The van der Waals surface area contributed by atoms with Gasteiger partial charge in [-0.1, -0.05) is 68.0 Å². The lowest BCUT2D eigenvalue weighted by Gasteiger charge is -2.22. The van der Waals surface area contributed by atoms with Crippen LogP contribution in [-0.4, -0.2) is 16.4 Å². The molecule has 0 saturated heterocycles. The van der Waals surface area contributed by atoms with Gasteiger partial charge in [0.25, 0.3) is 5.56 Å². The van der Waals surface area contributed by atoms with Crippen molar-refractivity contribution in [2.75, 3.05) is 6.61 Å². The van der Waals surface area contributed by atoms with E-state index >= 15 is 0 Å². The first kappa shape index (κ1) is 21.7. The zero-order valence-electron chi connectivity index (χ0n) is 17.1. The number of nitrogens with zero attached hydrogens (tertiary/aromatic N) is 2. The number of halogens is 1. The minimum Gasteiger partial charge on any atom is -0.489 e. The number of rotatable bonds is 9. The van der Waals surface area contributed by atoms with Crippen LogP contribution < -0.4 is 10.3 Å². The first-order chi connectivity index (χ1) is 12.8. The van der Waals surface area contributed by atoms with E-state index in [1.807, 2.05) is 20.8 Å². The highest BCUT2D eigenvalue weighted by atomic mass is 35.5. The summed E-state index contributed by atoms with van der Waals surface area (Å²) < 4.78 is 7.18. The van der Waals surface area contributed by atoms with Crippen LogP contribution in [0.4, 0.5) is 0 Å². The summed E-state index contributed by atoms with van der Waals surface area (Å²) in [4.78, 5) is 12.4. The maximum absolute atomic E-state index is 12.4. The molecule has 0 spiro atoms. The highest BCUT2D eigenvalue weighted by Gasteiger charge is 2.20. The summed E-state index contributed by atoms with van der Waals surface area (Å²) in [7, 11) is 0. The molecule has 0 amide bonds. The first-order valence-corrected chi connectivity index (χ1v) is 10.5. The van der Waals surface area contributed by atoms with Gasteiger partial charge in [0.15, 0.2) is 10.8 Å². The van der Waals surface area contributed by atoms with E-state index < -0.39 is 5.54 Å². The molecule has 1 unspecified atom stereocenters. The van der Waals surface area contributed by atoms with E-state index in [0.29, 0.717) is 18.3 Å². The topological polar surface area (TPSA) is 44.1 Å². The zero-order valence-corrected chi connectivity index (χ0v) is 17.9. The summed E-state index contributed by atoms with van der Waals surface area (Å²) in [5.41, 5.74) is 0.699. The third-order valence-electron chi connectivity index (χ3n) is 4.81. The number of ether oxygens (including phenoxy) is 1. The highest BCUT2D eigenvalue weighted by molar-refractivity contribution is 6.31. The molecule has 1 aliphatic carbocycles. The van der Waals surface area contributed by atoms with Crippen molar-refractivity contribution in [2.24, 2.45) is 5.92 Å². The quantitative estimate of drug-likeness (QED) is 0.492. The average molecular weight is 393 g/mol. The van der Waals surface area contributed by atoms with Crippen molar-refractivity contribution in [1.82, 2.24) is 9.78 Å². The van der Waals surface area contributed by atoms with Crippen molar-refractivity contribution in [1.29, 1.82) is 0 Å². The average Bonchev–Trinajstić information content (AvgIpc) is 2.63. The van der Waals surface area contributed by atoms with Gasteiger partial charge in [0.05, 0.1) is 18.3 Å². The van der Waals surface area contributed by atoms with Crippen LogP contribution in [0.5, 0.6) is 5.75 Å². The second-order valence-electron chi connectivity index (χ2n) is 8.32. The van der Waals surface area contributed by atoms with Gasteiger partial charge in [0, 0.05) is 5.92 Å². The lowest BCUT2D eigenvalue weighted by molar-refractivity contribution is 0.268. The fraction of sp³-hybridized carbons (Fsp3) is 0.636. The molecule has 1 heterocycles. The van der Waals surface area contributed by atoms with Gasteiger partial charge in [-0.15, -0.1) is 0 Å². The lowest BCUT2D eigenvalue weighted by Crippen LogP contribution is -2.36.